The van der Waals surface area contributed by atoms with Crippen LogP contribution in [0, 0.1) is 0 Å². The lowest BCUT2D eigenvalue weighted by Crippen LogP contribution is -2.41. The number of rotatable bonds is 5. The van der Waals surface area contributed by atoms with Crippen molar-refractivity contribution in [1.29, 1.82) is 0 Å². The molecule has 0 radical (unpaired) electrons. The molecule has 0 spiro atoms. The highest BCUT2D eigenvalue weighted by Gasteiger charge is 2.47. The van der Waals surface area contributed by atoms with Crippen LogP contribution in [0.4, 0.5) is 16.6 Å². The Hall–Kier alpha value is -2.63. The minimum Gasteiger partial charge on any atom is -0.441 e. The van der Waals surface area contributed by atoms with Crippen molar-refractivity contribution in [3.8, 4) is 0 Å². The van der Waals surface area contributed by atoms with Crippen molar-refractivity contribution in [2.45, 2.75) is 51.8 Å². The van der Waals surface area contributed by atoms with Gasteiger partial charge in [0.2, 0.25) is 5.95 Å². The van der Waals surface area contributed by atoms with E-state index in [0.29, 0.717) is 11.8 Å². The molecule has 0 bridgehead atoms. The van der Waals surface area contributed by atoms with E-state index in [2.05, 4.69) is 27.4 Å². The van der Waals surface area contributed by atoms with Crippen LogP contribution in [0.5, 0.6) is 0 Å². The maximum atomic E-state index is 12.3. The number of anilines is 2. The zero-order valence-corrected chi connectivity index (χ0v) is 15.1. The molecule has 0 unspecified atom stereocenters. The number of hydrogen-bond donors (Lipinski definition) is 1. The highest BCUT2D eigenvalue weighted by Crippen LogP contribution is 2.34. The molecule has 1 fully saturated rings. The molecule has 132 valence electrons. The summed E-state index contributed by atoms with van der Waals surface area (Å²) in [6, 6.07) is 11.8. The van der Waals surface area contributed by atoms with E-state index >= 15 is 0 Å². The summed E-state index contributed by atoms with van der Waals surface area (Å²) >= 11 is 0. The van der Waals surface area contributed by atoms with E-state index in [9.17, 15) is 4.79 Å². The van der Waals surface area contributed by atoms with Crippen molar-refractivity contribution in [1.82, 2.24) is 9.97 Å². The molecule has 0 saturated carbocycles. The zero-order valence-electron chi connectivity index (χ0n) is 15.1. The van der Waals surface area contributed by atoms with E-state index in [1.165, 1.54) is 0 Å². The van der Waals surface area contributed by atoms with Gasteiger partial charge < -0.3 is 10.1 Å². The Bertz CT molecular complexity index is 748. The maximum absolute atomic E-state index is 12.3. The molecule has 1 aliphatic rings. The summed E-state index contributed by atoms with van der Waals surface area (Å²) < 4.78 is 5.52. The number of nitrogens with zero attached hydrogens (tertiary/aromatic N) is 3. The van der Waals surface area contributed by atoms with Crippen LogP contribution in [0.2, 0.25) is 0 Å². The highest BCUT2D eigenvalue weighted by atomic mass is 16.6. The largest absolute Gasteiger partial charge is 0.441 e. The van der Waals surface area contributed by atoms with E-state index in [1.54, 1.807) is 17.2 Å². The van der Waals surface area contributed by atoms with Gasteiger partial charge in [-0.1, -0.05) is 37.3 Å². The second-order valence-corrected chi connectivity index (χ2v) is 6.78. The summed E-state index contributed by atoms with van der Waals surface area (Å²) in [4.78, 5) is 22.8. The Morgan fingerprint density at radius 3 is 2.68 bits per heavy atom. The first kappa shape index (κ1) is 17.2. The van der Waals surface area contributed by atoms with Gasteiger partial charge in [0.1, 0.15) is 11.4 Å². The molecule has 3 rings (SSSR count). The molecule has 6 nitrogen and oxygen atoms in total. The Kier molecular flexibility index (Phi) is 4.61. The van der Waals surface area contributed by atoms with Crippen molar-refractivity contribution in [3.63, 3.8) is 0 Å². The smallest absolute Gasteiger partial charge is 0.416 e. The van der Waals surface area contributed by atoms with Crippen molar-refractivity contribution < 1.29 is 9.53 Å². The lowest BCUT2D eigenvalue weighted by atomic mass is 9.96. The topological polar surface area (TPSA) is 67.4 Å². The number of ether oxygens (including phenoxy) is 1. The molecule has 1 amide bonds. The number of hydrogen-bond acceptors (Lipinski definition) is 5. The third kappa shape index (κ3) is 3.43. The SMILES string of the molecule is CC[C@@H]1N(c2ccnc(N[C@@H](C)c3ccccc3)n2)C(=O)OC1(C)C. The fourth-order valence-corrected chi connectivity index (χ4v) is 3.28. The van der Waals surface area contributed by atoms with Gasteiger partial charge in [-0.3, -0.25) is 4.90 Å². The third-order valence-corrected chi connectivity index (χ3v) is 4.58. The molecule has 1 aromatic carbocycles. The van der Waals surface area contributed by atoms with Crippen LogP contribution in [-0.2, 0) is 4.74 Å². The number of nitrogens with one attached hydrogen (secondary N) is 1. The van der Waals surface area contributed by atoms with Crippen molar-refractivity contribution in [2.24, 2.45) is 0 Å². The van der Waals surface area contributed by atoms with Crippen molar-refractivity contribution in [3.05, 3.63) is 48.2 Å². The van der Waals surface area contributed by atoms with E-state index in [1.807, 2.05) is 45.9 Å². The second kappa shape index (κ2) is 6.70. The number of carbonyl (C=O) groups is 1. The third-order valence-electron chi connectivity index (χ3n) is 4.58. The van der Waals surface area contributed by atoms with Crippen LogP contribution in [0.15, 0.2) is 42.6 Å². The molecule has 2 aromatic rings. The predicted molar refractivity (Wildman–Crippen MR) is 97.6 cm³/mol. The van der Waals surface area contributed by atoms with Crippen molar-refractivity contribution in [2.75, 3.05) is 10.2 Å². The average molecular weight is 340 g/mol. The molecule has 25 heavy (non-hydrogen) atoms. The number of cyclic esters (lactones) is 1. The molecule has 1 saturated heterocycles. The molecule has 2 atom stereocenters. The summed E-state index contributed by atoms with van der Waals surface area (Å²) in [5.41, 5.74) is 0.603. The number of carbonyl (C=O) groups excluding carboxylic acids is 1. The first-order valence-electron chi connectivity index (χ1n) is 8.59. The van der Waals surface area contributed by atoms with E-state index in [-0.39, 0.29) is 18.2 Å². The first-order valence-corrected chi connectivity index (χ1v) is 8.59. The molecule has 1 aromatic heterocycles. The Balaban J connectivity index is 1.83. The minimum absolute atomic E-state index is 0.0559. The van der Waals surface area contributed by atoms with Crippen LogP contribution in [0.25, 0.3) is 0 Å². The second-order valence-electron chi connectivity index (χ2n) is 6.78. The quantitative estimate of drug-likeness (QED) is 0.885. The summed E-state index contributed by atoms with van der Waals surface area (Å²) in [6.45, 7) is 7.94. The fourth-order valence-electron chi connectivity index (χ4n) is 3.28. The first-order chi connectivity index (χ1) is 11.9. The van der Waals surface area contributed by atoms with Crippen LogP contribution in [-0.4, -0.2) is 27.7 Å². The summed E-state index contributed by atoms with van der Waals surface area (Å²) in [5, 5.41) is 3.29. The molecule has 6 heteroatoms. The van der Waals surface area contributed by atoms with Gasteiger partial charge in [-0.05, 0) is 38.8 Å². The minimum atomic E-state index is -0.540. The van der Waals surface area contributed by atoms with E-state index in [4.69, 9.17) is 4.74 Å². The van der Waals surface area contributed by atoms with Crippen LogP contribution < -0.4 is 10.2 Å². The molecule has 0 aliphatic carbocycles. The normalized spacial score (nSPS) is 20.2. The van der Waals surface area contributed by atoms with Gasteiger partial charge in [0.05, 0.1) is 12.1 Å². The van der Waals surface area contributed by atoms with Gasteiger partial charge >= 0.3 is 6.09 Å². The fraction of sp³-hybridized carbons (Fsp3) is 0.421. The van der Waals surface area contributed by atoms with Gasteiger partial charge in [0.25, 0.3) is 0 Å². The highest BCUT2D eigenvalue weighted by molar-refractivity contribution is 5.90. The average Bonchev–Trinajstić information content (AvgIpc) is 2.83. The molecular weight excluding hydrogens is 316 g/mol. The summed E-state index contributed by atoms with van der Waals surface area (Å²) in [7, 11) is 0. The lowest BCUT2D eigenvalue weighted by molar-refractivity contribution is 0.0678. The van der Waals surface area contributed by atoms with Crippen LogP contribution in [0.3, 0.4) is 0 Å². The number of amides is 1. The standard InChI is InChI=1S/C19H24N4O2/c1-5-15-19(3,4)25-18(24)23(15)16-11-12-20-17(22-16)21-13(2)14-9-7-6-8-10-14/h6-13,15H,5H2,1-4H3,(H,20,21,22)/t13-,15-/m0/s1. The Labute approximate surface area is 148 Å². The molecule has 1 N–H and O–H groups in total. The lowest BCUT2D eigenvalue weighted by Gasteiger charge is -2.27. The van der Waals surface area contributed by atoms with E-state index in [0.717, 1.165) is 12.0 Å². The Morgan fingerprint density at radius 1 is 1.28 bits per heavy atom. The molecular formula is C19H24N4O2. The van der Waals surface area contributed by atoms with E-state index < -0.39 is 5.60 Å². The molecule has 2 heterocycles. The van der Waals surface area contributed by atoms with Crippen LogP contribution >= 0.6 is 0 Å². The molecule has 1 aliphatic heterocycles. The summed E-state index contributed by atoms with van der Waals surface area (Å²) in [6.07, 6.45) is 2.08. The summed E-state index contributed by atoms with van der Waals surface area (Å²) in [5.74, 6) is 1.04. The predicted octanol–water partition coefficient (Wildman–Crippen LogP) is 4.16. The van der Waals surface area contributed by atoms with Crippen LogP contribution in [0.1, 0.15) is 45.7 Å². The zero-order chi connectivity index (χ0) is 18.0. The van der Waals surface area contributed by atoms with Gasteiger partial charge in [0, 0.05) is 6.20 Å². The van der Waals surface area contributed by atoms with Gasteiger partial charge in [-0.2, -0.15) is 4.98 Å². The van der Waals surface area contributed by atoms with Crippen molar-refractivity contribution >= 4 is 17.9 Å². The van der Waals surface area contributed by atoms with Gasteiger partial charge in [-0.25, -0.2) is 9.78 Å². The Morgan fingerprint density at radius 2 is 2.00 bits per heavy atom. The van der Waals surface area contributed by atoms with Gasteiger partial charge in [0.15, 0.2) is 0 Å². The maximum Gasteiger partial charge on any atom is 0.416 e. The van der Waals surface area contributed by atoms with Gasteiger partial charge in [-0.15, -0.1) is 0 Å². The monoisotopic (exact) mass is 340 g/mol. The number of aromatic nitrogens is 2. The number of benzene rings is 1.